The molecule has 0 saturated heterocycles. The molecule has 5 heteroatoms. The summed E-state index contributed by atoms with van der Waals surface area (Å²) in [5, 5.41) is 8.81. The third kappa shape index (κ3) is 8.75. The quantitative estimate of drug-likeness (QED) is 0.512. The maximum atomic E-state index is 11.5. The zero-order chi connectivity index (χ0) is 14.8. The molecule has 0 aromatic rings. The van der Waals surface area contributed by atoms with Crippen LogP contribution in [0.5, 0.6) is 0 Å². The van der Waals surface area contributed by atoms with E-state index in [4.69, 9.17) is 19.3 Å². The average molecular weight is 274 g/mol. The Kier molecular flexibility index (Phi) is 9.47. The summed E-state index contributed by atoms with van der Waals surface area (Å²) in [5.41, 5.74) is 0.583. The molecule has 0 radical (unpaired) electrons. The normalized spacial score (nSPS) is 16.8. The van der Waals surface area contributed by atoms with Crippen LogP contribution in [0.3, 0.4) is 0 Å². The highest BCUT2D eigenvalue weighted by Gasteiger charge is 2.13. The molecule has 3 unspecified atom stereocenters. The monoisotopic (exact) mass is 274 g/mol. The van der Waals surface area contributed by atoms with Gasteiger partial charge in [0.2, 0.25) is 0 Å². The number of carbonyl (C=O) groups excluding carboxylic acids is 1. The van der Waals surface area contributed by atoms with Gasteiger partial charge in [0.05, 0.1) is 32.0 Å². The summed E-state index contributed by atoms with van der Waals surface area (Å²) in [6.07, 6.45) is 1.10. The van der Waals surface area contributed by atoms with E-state index >= 15 is 0 Å². The third-order valence-corrected chi connectivity index (χ3v) is 2.55. The number of hydrogen-bond acceptors (Lipinski definition) is 5. The minimum absolute atomic E-state index is 0.0106. The SMILES string of the molecule is C/C=C(\C)C(=O)OC(C)COC(C)COC(C)CO. The third-order valence-electron chi connectivity index (χ3n) is 2.55. The largest absolute Gasteiger partial charge is 0.457 e. The smallest absolute Gasteiger partial charge is 0.333 e. The Labute approximate surface area is 115 Å². The molecule has 3 atom stereocenters. The van der Waals surface area contributed by atoms with Gasteiger partial charge in [0.25, 0.3) is 0 Å². The number of rotatable bonds is 9. The van der Waals surface area contributed by atoms with E-state index in [1.807, 2.05) is 6.92 Å². The Balaban J connectivity index is 3.83. The Morgan fingerprint density at radius 1 is 1.11 bits per heavy atom. The van der Waals surface area contributed by atoms with Crippen molar-refractivity contribution in [2.75, 3.05) is 19.8 Å². The van der Waals surface area contributed by atoms with Crippen molar-refractivity contribution in [3.8, 4) is 0 Å². The Bertz CT molecular complexity index is 288. The van der Waals surface area contributed by atoms with Gasteiger partial charge in [-0.05, 0) is 34.6 Å². The topological polar surface area (TPSA) is 65.0 Å². The molecule has 0 aromatic heterocycles. The van der Waals surface area contributed by atoms with Gasteiger partial charge >= 0.3 is 5.97 Å². The van der Waals surface area contributed by atoms with Crippen molar-refractivity contribution in [2.45, 2.75) is 52.9 Å². The number of ether oxygens (including phenoxy) is 3. The van der Waals surface area contributed by atoms with Crippen LogP contribution in [-0.4, -0.2) is 49.2 Å². The lowest BCUT2D eigenvalue weighted by molar-refractivity contribution is -0.148. The summed E-state index contributed by atoms with van der Waals surface area (Å²) in [6.45, 7) is 9.65. The number of carbonyl (C=O) groups is 1. The van der Waals surface area contributed by atoms with E-state index in [1.54, 1.807) is 33.8 Å². The second-order valence-corrected chi connectivity index (χ2v) is 4.66. The van der Waals surface area contributed by atoms with Crippen molar-refractivity contribution < 1.29 is 24.1 Å². The molecule has 0 spiro atoms. The van der Waals surface area contributed by atoms with Crippen LogP contribution in [0.25, 0.3) is 0 Å². The van der Waals surface area contributed by atoms with E-state index in [0.29, 0.717) is 18.8 Å². The maximum Gasteiger partial charge on any atom is 0.333 e. The lowest BCUT2D eigenvalue weighted by Crippen LogP contribution is -2.27. The van der Waals surface area contributed by atoms with E-state index in [1.165, 1.54) is 0 Å². The summed E-state index contributed by atoms with van der Waals surface area (Å²) in [5.74, 6) is -0.323. The zero-order valence-electron chi connectivity index (χ0n) is 12.5. The highest BCUT2D eigenvalue weighted by molar-refractivity contribution is 5.87. The summed E-state index contributed by atoms with van der Waals surface area (Å²) in [6, 6.07) is 0. The van der Waals surface area contributed by atoms with Crippen molar-refractivity contribution in [3.05, 3.63) is 11.6 Å². The van der Waals surface area contributed by atoms with Gasteiger partial charge in [0.15, 0.2) is 0 Å². The van der Waals surface area contributed by atoms with E-state index in [9.17, 15) is 4.79 Å². The Hall–Kier alpha value is -0.910. The molecule has 5 nitrogen and oxygen atoms in total. The lowest BCUT2D eigenvalue weighted by Gasteiger charge is -2.19. The molecule has 0 heterocycles. The molecule has 0 amide bonds. The van der Waals surface area contributed by atoms with E-state index in [-0.39, 0.29) is 30.9 Å². The molecule has 0 aliphatic heterocycles. The predicted octanol–water partition coefficient (Wildman–Crippen LogP) is 1.69. The summed E-state index contributed by atoms with van der Waals surface area (Å²) >= 11 is 0. The zero-order valence-corrected chi connectivity index (χ0v) is 12.5. The number of aliphatic hydroxyl groups excluding tert-OH is 1. The summed E-state index contributed by atoms with van der Waals surface area (Å²) in [4.78, 5) is 11.5. The molecule has 19 heavy (non-hydrogen) atoms. The molecule has 112 valence electrons. The fourth-order valence-electron chi connectivity index (χ4n) is 1.13. The van der Waals surface area contributed by atoms with Gasteiger partial charge in [-0.2, -0.15) is 0 Å². The number of aliphatic hydroxyl groups is 1. The minimum atomic E-state index is -0.323. The second kappa shape index (κ2) is 9.95. The number of esters is 1. The van der Waals surface area contributed by atoms with Crippen molar-refractivity contribution in [2.24, 2.45) is 0 Å². The fraction of sp³-hybridized carbons (Fsp3) is 0.786. The van der Waals surface area contributed by atoms with Gasteiger partial charge in [-0.15, -0.1) is 0 Å². The molecule has 0 aliphatic rings. The highest BCUT2D eigenvalue weighted by atomic mass is 16.6. The molecule has 0 fully saturated rings. The molecule has 0 rings (SSSR count). The fourth-order valence-corrected chi connectivity index (χ4v) is 1.13. The van der Waals surface area contributed by atoms with E-state index in [0.717, 1.165) is 0 Å². The first-order valence-corrected chi connectivity index (χ1v) is 6.58. The molecular weight excluding hydrogens is 248 g/mol. The van der Waals surface area contributed by atoms with Gasteiger partial charge < -0.3 is 19.3 Å². The minimum Gasteiger partial charge on any atom is -0.457 e. The number of allylic oxidation sites excluding steroid dienone is 1. The van der Waals surface area contributed by atoms with Crippen LogP contribution >= 0.6 is 0 Å². The summed E-state index contributed by atoms with van der Waals surface area (Å²) < 4.78 is 16.0. The lowest BCUT2D eigenvalue weighted by atomic mass is 10.3. The van der Waals surface area contributed by atoms with Gasteiger partial charge in [-0.1, -0.05) is 6.08 Å². The van der Waals surface area contributed by atoms with Gasteiger partial charge in [-0.25, -0.2) is 4.79 Å². The van der Waals surface area contributed by atoms with Crippen LogP contribution in [0.4, 0.5) is 0 Å². The van der Waals surface area contributed by atoms with Crippen LogP contribution in [0.1, 0.15) is 34.6 Å². The maximum absolute atomic E-state index is 11.5. The molecule has 0 aliphatic carbocycles. The highest BCUT2D eigenvalue weighted by Crippen LogP contribution is 2.03. The van der Waals surface area contributed by atoms with Crippen LogP contribution in [0.2, 0.25) is 0 Å². The molecule has 0 aromatic carbocycles. The first-order chi connectivity index (χ1) is 8.90. The number of hydrogen-bond donors (Lipinski definition) is 1. The van der Waals surface area contributed by atoms with Crippen LogP contribution in [-0.2, 0) is 19.0 Å². The molecular formula is C14H26O5. The van der Waals surface area contributed by atoms with Crippen molar-refractivity contribution in [1.82, 2.24) is 0 Å². The average Bonchev–Trinajstić information content (AvgIpc) is 2.41. The van der Waals surface area contributed by atoms with Crippen molar-refractivity contribution >= 4 is 5.97 Å². The first kappa shape index (κ1) is 18.1. The molecule has 1 N–H and O–H groups in total. The first-order valence-electron chi connectivity index (χ1n) is 6.58. The predicted molar refractivity (Wildman–Crippen MR) is 72.9 cm³/mol. The van der Waals surface area contributed by atoms with Crippen LogP contribution in [0, 0.1) is 0 Å². The van der Waals surface area contributed by atoms with Gasteiger partial charge in [0.1, 0.15) is 6.10 Å². The second-order valence-electron chi connectivity index (χ2n) is 4.66. The van der Waals surface area contributed by atoms with Crippen LogP contribution < -0.4 is 0 Å². The van der Waals surface area contributed by atoms with Crippen LogP contribution in [0.15, 0.2) is 11.6 Å². The standard InChI is InChI=1S/C14H26O5/c1-6-10(2)14(16)19-13(5)9-18-12(4)8-17-11(3)7-15/h6,11-13,15H,7-9H2,1-5H3/b10-6+. The van der Waals surface area contributed by atoms with Gasteiger partial charge in [-0.3, -0.25) is 0 Å². The Morgan fingerprint density at radius 2 is 1.63 bits per heavy atom. The summed E-state index contributed by atoms with van der Waals surface area (Å²) in [7, 11) is 0. The van der Waals surface area contributed by atoms with E-state index in [2.05, 4.69) is 0 Å². The van der Waals surface area contributed by atoms with E-state index < -0.39 is 0 Å². The Morgan fingerprint density at radius 3 is 2.16 bits per heavy atom. The molecule has 0 saturated carbocycles. The van der Waals surface area contributed by atoms with Crippen molar-refractivity contribution in [1.29, 1.82) is 0 Å². The van der Waals surface area contributed by atoms with Gasteiger partial charge in [0, 0.05) is 5.57 Å². The van der Waals surface area contributed by atoms with Crippen molar-refractivity contribution in [3.63, 3.8) is 0 Å². The molecule has 0 bridgehead atoms.